The molecule has 0 spiro atoms. The summed E-state index contributed by atoms with van der Waals surface area (Å²) < 4.78 is 13.2. The number of carbonyl (C=O) groups is 2. The summed E-state index contributed by atoms with van der Waals surface area (Å²) in [7, 11) is 0. The number of carbonyl (C=O) groups excluding carboxylic acids is 2. The average Bonchev–Trinajstić information content (AvgIpc) is 3.40. The number of hydrogen-bond donors (Lipinski definition) is 3. The van der Waals surface area contributed by atoms with Crippen molar-refractivity contribution < 1.29 is 14.0 Å². The van der Waals surface area contributed by atoms with Crippen molar-refractivity contribution in [2.45, 2.75) is 18.9 Å². The minimum atomic E-state index is -0.574. The van der Waals surface area contributed by atoms with Crippen LogP contribution in [0.2, 0.25) is 0 Å². The number of fused-ring (bicyclic) bond motifs is 1. The molecule has 1 unspecified atom stereocenters. The van der Waals surface area contributed by atoms with E-state index >= 15 is 0 Å². The van der Waals surface area contributed by atoms with Crippen molar-refractivity contribution in [2.24, 2.45) is 5.92 Å². The van der Waals surface area contributed by atoms with Gasteiger partial charge in [0.15, 0.2) is 0 Å². The Morgan fingerprint density at radius 1 is 1.22 bits per heavy atom. The predicted octanol–water partition coefficient (Wildman–Crippen LogP) is 1.43. The van der Waals surface area contributed by atoms with Gasteiger partial charge in [-0.2, -0.15) is 15.4 Å². The van der Waals surface area contributed by atoms with Gasteiger partial charge in [0.25, 0.3) is 11.8 Å². The first-order valence-electron chi connectivity index (χ1n) is 8.61. The smallest absolute Gasteiger partial charge is 0.253 e. The fraction of sp³-hybridized carbons (Fsp3) is 0.278. The fourth-order valence-corrected chi connectivity index (χ4v) is 2.97. The topological polar surface area (TPSA) is 113 Å². The van der Waals surface area contributed by atoms with Crippen LogP contribution in [0.1, 0.15) is 33.6 Å². The van der Waals surface area contributed by atoms with Gasteiger partial charge in [0.1, 0.15) is 16.9 Å². The third kappa shape index (κ3) is 3.76. The highest BCUT2D eigenvalue weighted by Crippen LogP contribution is 2.32. The molecule has 0 bridgehead atoms. The Hall–Kier alpha value is -3.36. The molecule has 0 saturated heterocycles. The number of amides is 2. The van der Waals surface area contributed by atoms with Gasteiger partial charge in [-0.15, -0.1) is 0 Å². The molecule has 1 saturated carbocycles. The number of halogens is 1. The van der Waals surface area contributed by atoms with Gasteiger partial charge in [-0.05, 0) is 37.0 Å². The molecule has 4 rings (SSSR count). The quantitative estimate of drug-likeness (QED) is 0.609. The van der Waals surface area contributed by atoms with Gasteiger partial charge < -0.3 is 10.6 Å². The standard InChI is InChI=1S/C18H17FN6O2/c19-12-6-11(7-20-8-12)17(26)21-9-15(10-4-5-10)22-18(27)13-2-1-3-14-16(13)24-25-23-14/h1-3,6-8,10,15H,4-5,9H2,(H,21,26)(H,22,27)(H,23,24,25). The van der Waals surface area contributed by atoms with Gasteiger partial charge in [0.2, 0.25) is 0 Å². The summed E-state index contributed by atoms with van der Waals surface area (Å²) in [4.78, 5) is 28.6. The molecule has 2 amide bonds. The number of nitrogens with one attached hydrogen (secondary N) is 3. The number of benzene rings is 1. The third-order valence-corrected chi connectivity index (χ3v) is 4.55. The van der Waals surface area contributed by atoms with Gasteiger partial charge in [0.05, 0.1) is 17.3 Å². The normalized spacial score (nSPS) is 14.7. The van der Waals surface area contributed by atoms with E-state index < -0.39 is 11.7 Å². The third-order valence-electron chi connectivity index (χ3n) is 4.55. The van der Waals surface area contributed by atoms with E-state index in [-0.39, 0.29) is 24.1 Å². The van der Waals surface area contributed by atoms with E-state index in [4.69, 9.17) is 0 Å². The van der Waals surface area contributed by atoms with Crippen LogP contribution in [-0.4, -0.2) is 44.8 Å². The van der Waals surface area contributed by atoms with E-state index in [1.165, 1.54) is 6.20 Å². The summed E-state index contributed by atoms with van der Waals surface area (Å²) in [5.74, 6) is -0.972. The number of H-pyrrole nitrogens is 1. The molecular formula is C18H17FN6O2. The largest absolute Gasteiger partial charge is 0.350 e. The molecule has 3 aromatic rings. The molecule has 8 nitrogen and oxygen atoms in total. The van der Waals surface area contributed by atoms with Crippen LogP contribution >= 0.6 is 0 Å². The highest BCUT2D eigenvalue weighted by atomic mass is 19.1. The lowest BCUT2D eigenvalue weighted by molar-refractivity contribution is 0.0904. The van der Waals surface area contributed by atoms with Crippen LogP contribution in [0.15, 0.2) is 36.7 Å². The van der Waals surface area contributed by atoms with Crippen LogP contribution in [0.25, 0.3) is 11.0 Å². The maximum absolute atomic E-state index is 13.2. The van der Waals surface area contributed by atoms with Crippen molar-refractivity contribution in [3.05, 3.63) is 53.6 Å². The van der Waals surface area contributed by atoms with Gasteiger partial charge in [0, 0.05) is 18.8 Å². The summed E-state index contributed by atoms with van der Waals surface area (Å²) >= 11 is 0. The first kappa shape index (κ1) is 17.1. The number of hydrogen-bond acceptors (Lipinski definition) is 5. The van der Waals surface area contributed by atoms with E-state index in [0.29, 0.717) is 22.5 Å². The highest BCUT2D eigenvalue weighted by Gasteiger charge is 2.33. The Morgan fingerprint density at radius 3 is 2.85 bits per heavy atom. The van der Waals surface area contributed by atoms with Gasteiger partial charge in [-0.3, -0.25) is 14.6 Å². The van der Waals surface area contributed by atoms with Crippen LogP contribution in [0.4, 0.5) is 4.39 Å². The lowest BCUT2D eigenvalue weighted by atomic mass is 10.1. The van der Waals surface area contributed by atoms with Crippen LogP contribution in [-0.2, 0) is 0 Å². The zero-order valence-electron chi connectivity index (χ0n) is 14.3. The van der Waals surface area contributed by atoms with Gasteiger partial charge >= 0.3 is 0 Å². The Labute approximate surface area is 153 Å². The molecule has 2 heterocycles. The second-order valence-electron chi connectivity index (χ2n) is 6.52. The van der Waals surface area contributed by atoms with Gasteiger partial charge in [-0.1, -0.05) is 6.07 Å². The minimum Gasteiger partial charge on any atom is -0.350 e. The Bertz CT molecular complexity index is 1000. The highest BCUT2D eigenvalue weighted by molar-refractivity contribution is 6.04. The molecule has 1 aromatic carbocycles. The molecule has 27 heavy (non-hydrogen) atoms. The maximum atomic E-state index is 13.2. The zero-order chi connectivity index (χ0) is 18.8. The monoisotopic (exact) mass is 368 g/mol. The van der Waals surface area contributed by atoms with E-state index in [1.807, 2.05) is 0 Å². The van der Waals surface area contributed by atoms with Crippen LogP contribution < -0.4 is 10.6 Å². The number of rotatable bonds is 6. The lowest BCUT2D eigenvalue weighted by Gasteiger charge is -2.19. The summed E-state index contributed by atoms with van der Waals surface area (Å²) in [6.07, 6.45) is 4.30. The second-order valence-corrected chi connectivity index (χ2v) is 6.52. The van der Waals surface area contributed by atoms with E-state index in [1.54, 1.807) is 18.2 Å². The van der Waals surface area contributed by atoms with Crippen molar-refractivity contribution in [3.8, 4) is 0 Å². The molecule has 1 fully saturated rings. The molecule has 1 atom stereocenters. The molecule has 0 radical (unpaired) electrons. The van der Waals surface area contributed by atoms with Crippen molar-refractivity contribution in [3.63, 3.8) is 0 Å². The van der Waals surface area contributed by atoms with E-state index in [2.05, 4.69) is 31.0 Å². The first-order chi connectivity index (χ1) is 13.1. The molecule has 3 N–H and O–H groups in total. The minimum absolute atomic E-state index is 0.142. The number of pyridine rings is 1. The summed E-state index contributed by atoms with van der Waals surface area (Å²) in [5, 5.41) is 16.2. The van der Waals surface area contributed by atoms with E-state index in [9.17, 15) is 14.0 Å². The van der Waals surface area contributed by atoms with Crippen molar-refractivity contribution in [1.29, 1.82) is 0 Å². The van der Waals surface area contributed by atoms with Crippen molar-refractivity contribution in [2.75, 3.05) is 6.54 Å². The number of para-hydroxylation sites is 1. The summed E-state index contributed by atoms with van der Waals surface area (Å²) in [5.41, 5.74) is 1.67. The molecule has 138 valence electrons. The molecule has 1 aliphatic carbocycles. The predicted molar refractivity (Wildman–Crippen MR) is 94.4 cm³/mol. The number of aromatic amines is 1. The molecule has 9 heteroatoms. The second kappa shape index (κ2) is 7.10. The van der Waals surface area contributed by atoms with Crippen LogP contribution in [0, 0.1) is 11.7 Å². The average molecular weight is 368 g/mol. The number of aromatic nitrogens is 4. The van der Waals surface area contributed by atoms with Crippen molar-refractivity contribution in [1.82, 2.24) is 31.0 Å². The molecular weight excluding hydrogens is 351 g/mol. The van der Waals surface area contributed by atoms with Crippen LogP contribution in [0.3, 0.4) is 0 Å². The number of nitrogens with zero attached hydrogens (tertiary/aromatic N) is 3. The van der Waals surface area contributed by atoms with Gasteiger partial charge in [-0.25, -0.2) is 4.39 Å². The fourth-order valence-electron chi connectivity index (χ4n) is 2.97. The maximum Gasteiger partial charge on any atom is 0.253 e. The van der Waals surface area contributed by atoms with Crippen molar-refractivity contribution >= 4 is 22.8 Å². The Morgan fingerprint density at radius 2 is 2.07 bits per heavy atom. The van der Waals surface area contributed by atoms with Crippen LogP contribution in [0.5, 0.6) is 0 Å². The van der Waals surface area contributed by atoms with E-state index in [0.717, 1.165) is 25.1 Å². The first-order valence-corrected chi connectivity index (χ1v) is 8.61. The summed E-state index contributed by atoms with van der Waals surface area (Å²) in [6, 6.07) is 6.09. The Balaban J connectivity index is 1.43. The lowest BCUT2D eigenvalue weighted by Crippen LogP contribution is -2.45. The SMILES string of the molecule is O=C(NCC(NC(=O)c1cccc2n[nH]nc12)C1CC1)c1cncc(F)c1. The summed E-state index contributed by atoms with van der Waals surface area (Å²) in [6.45, 7) is 0.251. The zero-order valence-corrected chi connectivity index (χ0v) is 14.3. The Kier molecular flexibility index (Phi) is 4.49. The molecule has 1 aliphatic rings. The molecule has 0 aliphatic heterocycles. The molecule has 2 aromatic heterocycles.